The average molecular weight is 2450 g/mol. The summed E-state index contributed by atoms with van der Waals surface area (Å²) in [6.07, 6.45) is -10.6. The number of hydrogen-bond donors (Lipinski definition) is 11. The van der Waals surface area contributed by atoms with Gasteiger partial charge in [0.1, 0.15) is 85.5 Å². The van der Waals surface area contributed by atoms with Crippen LogP contribution in [-0.4, -0.2) is 245 Å². The first-order valence-corrected chi connectivity index (χ1v) is 62.9. The molecule has 5 saturated heterocycles. The number of halogens is 5. The summed E-state index contributed by atoms with van der Waals surface area (Å²) in [6.45, 7) is 65.1. The minimum absolute atomic E-state index is 0. The maximum atomic E-state index is 11.1. The van der Waals surface area contributed by atoms with Crippen LogP contribution in [0.5, 0.6) is 0 Å². The lowest BCUT2D eigenvalue weighted by atomic mass is 9.81. The first kappa shape index (κ1) is 125. The van der Waals surface area contributed by atoms with Gasteiger partial charge in [-0.05, 0) is 208 Å². The molecule has 11 N–H and O–H groups in total. The van der Waals surface area contributed by atoms with E-state index in [1.54, 1.807) is 24.3 Å². The van der Waals surface area contributed by atoms with Gasteiger partial charge >= 0.3 is 0 Å². The van der Waals surface area contributed by atoms with Crippen molar-refractivity contribution in [1.29, 1.82) is 0 Å². The van der Waals surface area contributed by atoms with Gasteiger partial charge in [0, 0.05) is 72.5 Å². The molecule has 129 heavy (non-hydrogen) atoms. The van der Waals surface area contributed by atoms with Crippen molar-refractivity contribution in [2.75, 3.05) is 33.0 Å². The fraction of sp³-hybridized carbons (Fsp3) is 0.717. The molecule has 0 aromatic heterocycles. The Labute approximate surface area is 852 Å². The van der Waals surface area contributed by atoms with Crippen LogP contribution in [-0.2, 0) is 41.4 Å². The molecule has 5 aliphatic heterocycles. The van der Waals surface area contributed by atoms with Crippen LogP contribution < -0.4 is 0 Å². The molecule has 734 valence electrons. The number of ether oxygens (including phenoxy) is 5. The fourth-order valence-corrected chi connectivity index (χ4v) is 43.8. The standard InChI is InChI=1S/C52H92O7Si3.C22H26O10.C19H36O3Si.C6H4I2.I2.HI.H3P/c1-32(2)60(33(3)4,34(5)6)57-50-42(20)41(19)48(30-53)56-47(50)29-27-45-24-22-44(23-25-45)26-28-46-43(21)51(58-61(35(7)8,36(9)10)37(11)12)52(49(31-54)55-46)59-62(38(13)14,39(15)16)40(17)18;23-9-15-19(27)21(29)17(25)13(31-15)7-5-11-1-2-12(4-3-11)6-8-14-18(26)22(30)20(28)16(10-24)32-14;1-10-17-19(16(9)15(8)18(11-20)21-17)22-23(12(2)3,13(4)5)14(6)7;7-5-1-2-6(8)4-3-5;1-2;;/h22-25,32-43,46-54H,30-31H2,1-21H3;1-4,13-30H,9-10H2;1,12-20H,11H2,2-9H3;1-4H;;1H;1H3/t41-,42-,43+,46+,47+,48+,49+,50-,51+,52+;13-,14-,15-,16-,17-,18-,19-,20-,21-,22-;15-,16-,17+,18+,19-;;;;/m010..../s1. The van der Waals surface area contributed by atoms with E-state index >= 15 is 0 Å². The molecule has 5 aliphatic rings. The van der Waals surface area contributed by atoms with Crippen molar-refractivity contribution in [3.05, 3.63) is 102 Å². The van der Waals surface area contributed by atoms with Crippen LogP contribution >= 0.6 is 116 Å². The molecule has 5 fully saturated rings. The zero-order valence-electron chi connectivity index (χ0n) is 82.1. The van der Waals surface area contributed by atoms with E-state index in [0.717, 1.165) is 11.1 Å². The molecule has 30 heteroatoms. The number of terminal acetylenes is 1. The molecule has 3 aromatic rings. The maximum absolute atomic E-state index is 11.1. The number of aliphatic hydroxyl groups excluding tert-OH is 11. The van der Waals surface area contributed by atoms with Crippen LogP contribution in [0.15, 0.2) is 72.8 Å². The summed E-state index contributed by atoms with van der Waals surface area (Å²) in [7, 11) is -9.01. The second-order valence-electron chi connectivity index (χ2n) is 39.1. The minimum atomic E-state index is -2.39. The van der Waals surface area contributed by atoms with Gasteiger partial charge in [-0.2, -0.15) is 9.90 Å². The van der Waals surface area contributed by atoms with Crippen LogP contribution in [0.4, 0.5) is 0 Å². The van der Waals surface area contributed by atoms with Crippen molar-refractivity contribution in [3.63, 3.8) is 0 Å². The third-order valence-corrected chi connectivity index (χ3v) is 53.6. The van der Waals surface area contributed by atoms with Gasteiger partial charge in [0.2, 0.25) is 33.3 Å². The van der Waals surface area contributed by atoms with Crippen LogP contribution in [0.2, 0.25) is 66.5 Å². The zero-order chi connectivity index (χ0) is 96.6. The van der Waals surface area contributed by atoms with Crippen LogP contribution in [0.25, 0.3) is 0 Å². The van der Waals surface area contributed by atoms with E-state index in [0.29, 0.717) is 77.6 Å². The molecule has 5 heterocycles. The second kappa shape index (κ2) is 58.1. The van der Waals surface area contributed by atoms with E-state index in [1.807, 2.05) is 24.3 Å². The van der Waals surface area contributed by atoms with Crippen LogP contribution in [0.1, 0.15) is 223 Å². The molecular weight excluding hydrogens is 2290 g/mol. The minimum Gasteiger partial charge on any atom is -0.410 e. The van der Waals surface area contributed by atoms with Crippen molar-refractivity contribution in [1.82, 2.24) is 0 Å². The molecule has 1 unspecified atom stereocenters. The Morgan fingerprint density at radius 2 is 0.512 bits per heavy atom. The summed E-state index contributed by atoms with van der Waals surface area (Å²) in [5.41, 5.74) is 7.95. The molecule has 0 spiro atoms. The number of aliphatic hydroxyl groups is 11. The summed E-state index contributed by atoms with van der Waals surface area (Å²) < 4.78 is 62.1. The summed E-state index contributed by atoms with van der Waals surface area (Å²) in [6, 6.07) is 23.0. The Hall–Kier alpha value is -0.392. The van der Waals surface area contributed by atoms with Gasteiger partial charge in [0.25, 0.3) is 0 Å². The Kier molecular flexibility index (Phi) is 56.2. The van der Waals surface area contributed by atoms with E-state index < -0.39 is 132 Å². The smallest absolute Gasteiger partial charge is 0.201 e. The van der Waals surface area contributed by atoms with E-state index in [1.165, 1.54) is 7.14 Å². The predicted octanol–water partition coefficient (Wildman–Crippen LogP) is 18.1. The third kappa shape index (κ3) is 31.3. The molecule has 8 rings (SSSR count). The first-order chi connectivity index (χ1) is 59.5. The molecule has 26 atom stereocenters. The molecule has 0 radical (unpaired) electrons. The summed E-state index contributed by atoms with van der Waals surface area (Å²) in [5, 5.41) is 109. The molecular formula is C99H162I5O20PSi4. The van der Waals surface area contributed by atoms with Crippen molar-refractivity contribution in [2.24, 2.45) is 29.6 Å². The fourth-order valence-electron chi connectivity index (χ4n) is 20.7. The van der Waals surface area contributed by atoms with Crippen molar-refractivity contribution < 1.29 is 97.6 Å². The molecule has 20 nitrogen and oxygen atoms in total. The Bertz CT molecular complexity index is 3860. The lowest BCUT2D eigenvalue weighted by Crippen LogP contribution is -2.65. The quantitative estimate of drug-likeness (QED) is 0.0163. The molecule has 0 saturated carbocycles. The largest absolute Gasteiger partial charge is 0.410 e. The molecule has 3 aromatic carbocycles. The van der Waals surface area contributed by atoms with Crippen LogP contribution in [0, 0.1) is 96.4 Å². The molecule has 0 amide bonds. The zero-order valence-corrected chi connectivity index (χ0v) is 98.5. The Balaban J connectivity index is 0.000000692. The highest BCUT2D eigenvalue weighted by atomic mass is 128. The number of hydrogen-bond acceptors (Lipinski definition) is 20. The highest BCUT2D eigenvalue weighted by Crippen LogP contribution is 2.52. The SMILES string of the molecule is C#C[C@H]1O[C@H](CO)[C@@H](C)[C@H](C)[C@@H]1O[Si](C(C)C)(C(C)C)C(C)C.CC(C)[Si](O[C@@H]1[C@H](C)[C@@H](C#Cc2ccc(C#C[C@H]3O[C@H](CO)[C@@H](C)[C@H](C)[C@@H]3O[Si](C(C)C)(C(C)C)C(C)C)cc2)O[C@H](CO)[C@H]1O[Si](C(C)C)(C(C)C)C(C)C)(C(C)C)C(C)C.I.II.Ic1ccc(I)cc1.OC[C@H]1O[C@H](C#Cc2ccc(C#C[C@H]3O[C@H](CO)[C@@H](O)[C@H](O)[C@@H]3O)cc2)[C@@H](O)[C@@H](O)[C@@H]1O.P. The third-order valence-electron chi connectivity index (χ3n) is 27.8. The van der Waals surface area contributed by atoms with Gasteiger partial charge in [0.15, 0.2) is 0 Å². The normalized spacial score (nSPS) is 29.6. The van der Waals surface area contributed by atoms with Gasteiger partial charge in [-0.15, -0.1) is 30.4 Å². The number of rotatable bonds is 25. The monoisotopic (exact) mass is 2450 g/mol. The second-order valence-corrected chi connectivity index (χ2v) is 63.2. The van der Waals surface area contributed by atoms with Crippen molar-refractivity contribution in [3.8, 4) is 59.7 Å². The molecule has 0 bridgehead atoms. The van der Waals surface area contributed by atoms with E-state index in [2.05, 4.69) is 361 Å². The lowest BCUT2D eigenvalue weighted by molar-refractivity contribution is -0.214. The van der Waals surface area contributed by atoms with E-state index in [4.69, 9.17) is 47.8 Å². The predicted molar refractivity (Wildman–Crippen MR) is 580 cm³/mol. The van der Waals surface area contributed by atoms with Gasteiger partial charge in [0.05, 0.1) is 69.7 Å². The van der Waals surface area contributed by atoms with Crippen molar-refractivity contribution >= 4 is 150 Å². The highest BCUT2D eigenvalue weighted by molar-refractivity contribution is 15.0. The van der Waals surface area contributed by atoms with Gasteiger partial charge in [-0.1, -0.05) is 254 Å². The Morgan fingerprint density at radius 3 is 0.767 bits per heavy atom. The van der Waals surface area contributed by atoms with E-state index in [9.17, 15) is 56.2 Å². The van der Waals surface area contributed by atoms with Gasteiger partial charge < -0.3 is 97.6 Å². The summed E-state index contributed by atoms with van der Waals surface area (Å²) in [5.74, 6) is 28.2. The van der Waals surface area contributed by atoms with Crippen LogP contribution in [0.3, 0.4) is 0 Å². The lowest BCUT2D eigenvalue weighted by Gasteiger charge is -2.54. The topological polar surface area (TPSA) is 306 Å². The van der Waals surface area contributed by atoms with Crippen molar-refractivity contribution in [2.45, 2.75) is 389 Å². The van der Waals surface area contributed by atoms with Gasteiger partial charge in [-0.3, -0.25) is 0 Å². The molecule has 0 aliphatic carbocycles. The highest BCUT2D eigenvalue weighted by Gasteiger charge is 2.58. The van der Waals surface area contributed by atoms with E-state index in [-0.39, 0.29) is 120 Å². The maximum Gasteiger partial charge on any atom is 0.201 e. The Morgan fingerprint density at radius 1 is 0.295 bits per heavy atom. The average Bonchev–Trinajstić information content (AvgIpc) is 0.745. The summed E-state index contributed by atoms with van der Waals surface area (Å²) in [4.78, 5) is 0. The van der Waals surface area contributed by atoms with Gasteiger partial charge in [-0.25, -0.2) is 0 Å². The first-order valence-electron chi connectivity index (χ1n) is 45.9. The summed E-state index contributed by atoms with van der Waals surface area (Å²) >= 11 is 8.83. The number of benzene rings is 3.